The van der Waals surface area contributed by atoms with Crippen LogP contribution in [-0.4, -0.2) is 126 Å². The fourth-order valence-electron chi connectivity index (χ4n) is 9.04. The molecule has 3 amide bonds. The van der Waals surface area contributed by atoms with E-state index in [1.54, 1.807) is 17.4 Å². The Kier molecular flexibility index (Phi) is 15.5. The number of nitrogens with zero attached hydrogens (tertiary/aromatic N) is 4. The van der Waals surface area contributed by atoms with Crippen LogP contribution in [0.25, 0.3) is 0 Å². The summed E-state index contributed by atoms with van der Waals surface area (Å²) in [5, 5.41) is 19.2. The molecule has 4 heterocycles. The number of fused-ring (bicyclic) bond motifs is 1. The Morgan fingerprint density at radius 3 is 2.68 bits per heavy atom. The summed E-state index contributed by atoms with van der Waals surface area (Å²) in [6.45, 7) is 11.8. The molecule has 1 saturated carbocycles. The third-order valence-electron chi connectivity index (χ3n) is 12.4. The minimum absolute atomic E-state index is 0.00265. The van der Waals surface area contributed by atoms with E-state index in [0.29, 0.717) is 88.4 Å². The number of rotatable bonds is 18. The highest BCUT2D eigenvalue weighted by Gasteiger charge is 2.41. The Morgan fingerprint density at radius 1 is 1.07 bits per heavy atom. The summed E-state index contributed by atoms with van der Waals surface area (Å²) in [4.78, 5) is 49.7. The molecule has 0 unspecified atom stereocenters. The standard InChI is InChI=1S/C46H64N6O7S/c1-33(2)44-48-38(31-60-44)45(56)51-24-27-59-46(32-51)17-21-50(22-18-46)29-35-9-6-8-34(28-35)10-7-25-57-26-16-41(55)52(37-11-4-3-5-12-37)23-20-47-19-15-36-13-14-39(53)42-43(36)58-30-40(54)49-42/h6,8-9,13-14,28,31,33,37,47,53H,3-5,7,10-12,15-27,29-30,32H2,1-2H3,(H,49,54). The lowest BCUT2D eigenvalue weighted by atomic mass is 9.89. The van der Waals surface area contributed by atoms with Crippen LogP contribution in [-0.2, 0) is 38.4 Å². The molecule has 3 N–H and O–H groups in total. The zero-order chi connectivity index (χ0) is 41.9. The van der Waals surface area contributed by atoms with E-state index in [0.717, 1.165) is 81.6 Å². The number of phenols is 1. The van der Waals surface area contributed by atoms with Crippen LogP contribution >= 0.6 is 11.3 Å². The summed E-state index contributed by atoms with van der Waals surface area (Å²) < 4.78 is 18.0. The summed E-state index contributed by atoms with van der Waals surface area (Å²) in [5.41, 5.74) is 4.14. The minimum atomic E-state index is -0.282. The molecule has 4 aliphatic rings. The van der Waals surface area contributed by atoms with Crippen molar-refractivity contribution in [2.75, 3.05) is 77.6 Å². The quantitative estimate of drug-likeness (QED) is 0.101. The summed E-state index contributed by atoms with van der Waals surface area (Å²) in [5.74, 6) is 0.747. The molecule has 3 aromatic rings. The smallest absolute Gasteiger partial charge is 0.273 e. The number of aromatic nitrogens is 1. The first-order valence-electron chi connectivity index (χ1n) is 22.2. The van der Waals surface area contributed by atoms with Crippen molar-refractivity contribution in [3.63, 3.8) is 0 Å². The predicted molar refractivity (Wildman–Crippen MR) is 233 cm³/mol. The van der Waals surface area contributed by atoms with E-state index < -0.39 is 0 Å². The van der Waals surface area contributed by atoms with E-state index in [1.807, 2.05) is 16.3 Å². The molecule has 3 fully saturated rings. The molecule has 60 heavy (non-hydrogen) atoms. The number of benzene rings is 2. The number of aryl methyl sites for hydroxylation is 1. The number of carbonyl (C=O) groups excluding carboxylic acids is 3. The number of aromatic hydroxyl groups is 1. The molecule has 0 bridgehead atoms. The van der Waals surface area contributed by atoms with Crippen LogP contribution in [0.15, 0.2) is 41.8 Å². The van der Waals surface area contributed by atoms with Gasteiger partial charge >= 0.3 is 0 Å². The summed E-state index contributed by atoms with van der Waals surface area (Å²) in [7, 11) is 0. The predicted octanol–water partition coefficient (Wildman–Crippen LogP) is 6.14. The molecule has 2 aromatic carbocycles. The van der Waals surface area contributed by atoms with Crippen LogP contribution in [0.3, 0.4) is 0 Å². The van der Waals surface area contributed by atoms with Crippen LogP contribution in [0.5, 0.6) is 11.5 Å². The molecule has 2 saturated heterocycles. The van der Waals surface area contributed by atoms with Crippen LogP contribution in [0, 0.1) is 0 Å². The molecule has 13 nitrogen and oxygen atoms in total. The molecule has 0 atom stereocenters. The fraction of sp³-hybridized carbons (Fsp3) is 0.609. The molecule has 0 radical (unpaired) electrons. The van der Waals surface area contributed by atoms with E-state index in [1.165, 1.54) is 17.5 Å². The van der Waals surface area contributed by atoms with Gasteiger partial charge < -0.3 is 39.8 Å². The normalized spacial score (nSPS) is 18.3. The topological polar surface area (TPSA) is 146 Å². The highest BCUT2D eigenvalue weighted by molar-refractivity contribution is 7.09. The maximum absolute atomic E-state index is 13.5. The Bertz CT molecular complexity index is 1910. The molecule has 1 aromatic heterocycles. The summed E-state index contributed by atoms with van der Waals surface area (Å²) in [6, 6.07) is 12.5. The second kappa shape index (κ2) is 21.1. The van der Waals surface area contributed by atoms with Crippen molar-refractivity contribution in [3.8, 4) is 11.5 Å². The van der Waals surface area contributed by atoms with Gasteiger partial charge in [-0.25, -0.2) is 4.98 Å². The second-order valence-corrected chi connectivity index (χ2v) is 18.1. The number of nitrogens with one attached hydrogen (secondary N) is 2. The van der Waals surface area contributed by atoms with Crippen LogP contribution in [0.2, 0.25) is 0 Å². The van der Waals surface area contributed by atoms with Crippen LogP contribution in [0.4, 0.5) is 5.69 Å². The van der Waals surface area contributed by atoms with Crippen molar-refractivity contribution in [3.05, 3.63) is 69.2 Å². The number of anilines is 1. The van der Waals surface area contributed by atoms with E-state index >= 15 is 0 Å². The number of thiazole rings is 1. The maximum atomic E-state index is 13.5. The lowest BCUT2D eigenvalue weighted by Crippen LogP contribution is -2.58. The average molecular weight is 845 g/mol. The van der Waals surface area contributed by atoms with Gasteiger partial charge in [0.25, 0.3) is 11.8 Å². The molecule has 3 aliphatic heterocycles. The number of piperidine rings is 1. The largest absolute Gasteiger partial charge is 0.506 e. The number of amides is 3. The number of carbonyl (C=O) groups is 3. The first kappa shape index (κ1) is 44.0. The monoisotopic (exact) mass is 844 g/mol. The highest BCUT2D eigenvalue weighted by atomic mass is 32.1. The van der Waals surface area contributed by atoms with Gasteiger partial charge in [-0.05, 0) is 74.2 Å². The van der Waals surface area contributed by atoms with Crippen molar-refractivity contribution < 1.29 is 33.7 Å². The zero-order valence-corrected chi connectivity index (χ0v) is 36.4. The number of hydrogen-bond acceptors (Lipinski definition) is 11. The molecular weight excluding hydrogens is 781 g/mol. The minimum Gasteiger partial charge on any atom is -0.506 e. The van der Waals surface area contributed by atoms with E-state index in [-0.39, 0.29) is 41.7 Å². The van der Waals surface area contributed by atoms with Gasteiger partial charge in [-0.15, -0.1) is 11.3 Å². The number of phenolic OH excluding ortho intramolecular Hbond substituents is 1. The van der Waals surface area contributed by atoms with Crippen molar-refractivity contribution >= 4 is 34.7 Å². The SMILES string of the molecule is CC(C)c1nc(C(=O)N2CCOC3(CCN(Cc4cccc(CCCOCCC(=O)N(CCNCCc5ccc(O)c6c5OCC(=O)N6)C5CCCCC5)c4)CC3)C2)cs1. The summed E-state index contributed by atoms with van der Waals surface area (Å²) >= 11 is 1.57. The lowest BCUT2D eigenvalue weighted by molar-refractivity contribution is -0.135. The van der Waals surface area contributed by atoms with Gasteiger partial charge in [-0.3, -0.25) is 19.3 Å². The van der Waals surface area contributed by atoms with Gasteiger partial charge in [0.15, 0.2) is 12.4 Å². The second-order valence-electron chi connectivity index (χ2n) is 17.2. The maximum Gasteiger partial charge on any atom is 0.273 e. The molecule has 7 rings (SSSR count). The Labute approximate surface area is 359 Å². The van der Waals surface area contributed by atoms with Crippen molar-refractivity contribution in [2.45, 2.75) is 109 Å². The number of ether oxygens (including phenoxy) is 3. The third-order valence-corrected chi connectivity index (χ3v) is 13.6. The Balaban J connectivity index is 0.793. The van der Waals surface area contributed by atoms with Crippen LogP contribution in [0.1, 0.15) is 110 Å². The third kappa shape index (κ3) is 11.6. The average Bonchev–Trinajstić information content (AvgIpc) is 3.77. The van der Waals surface area contributed by atoms with E-state index in [2.05, 4.69) is 63.5 Å². The van der Waals surface area contributed by atoms with Crippen LogP contribution < -0.4 is 15.4 Å². The zero-order valence-electron chi connectivity index (χ0n) is 35.6. The molecule has 1 spiro atoms. The van der Waals surface area contributed by atoms with E-state index in [9.17, 15) is 19.5 Å². The molecule has 14 heteroatoms. The fourth-order valence-corrected chi connectivity index (χ4v) is 9.85. The number of hydrogen-bond donors (Lipinski definition) is 3. The first-order chi connectivity index (χ1) is 29.2. The summed E-state index contributed by atoms with van der Waals surface area (Å²) in [6.07, 6.45) is 10.3. The lowest BCUT2D eigenvalue weighted by Gasteiger charge is -2.47. The van der Waals surface area contributed by atoms with E-state index in [4.69, 9.17) is 14.2 Å². The van der Waals surface area contributed by atoms with Gasteiger partial charge in [-0.2, -0.15) is 0 Å². The van der Waals surface area contributed by atoms with Crippen molar-refractivity contribution in [2.24, 2.45) is 0 Å². The molecule has 1 aliphatic carbocycles. The Morgan fingerprint density at radius 2 is 1.88 bits per heavy atom. The molecular formula is C46H64N6O7S. The first-order valence-corrected chi connectivity index (χ1v) is 23.1. The van der Waals surface area contributed by atoms with Crippen molar-refractivity contribution in [1.29, 1.82) is 0 Å². The Hall–Kier alpha value is -4.08. The van der Waals surface area contributed by atoms with Crippen molar-refractivity contribution in [1.82, 2.24) is 25.0 Å². The number of likely N-dealkylation sites (tertiary alicyclic amines) is 1. The van der Waals surface area contributed by atoms with Gasteiger partial charge in [0.05, 0.1) is 36.8 Å². The van der Waals surface area contributed by atoms with Gasteiger partial charge in [0, 0.05) is 63.2 Å². The van der Waals surface area contributed by atoms with Gasteiger partial charge in [0.1, 0.15) is 17.1 Å². The highest BCUT2D eigenvalue weighted by Crippen LogP contribution is 2.39. The van der Waals surface area contributed by atoms with Gasteiger partial charge in [0.2, 0.25) is 5.91 Å². The number of morpholine rings is 1. The molecule has 326 valence electrons. The van der Waals surface area contributed by atoms with Gasteiger partial charge in [-0.1, -0.05) is 63.4 Å².